The van der Waals surface area contributed by atoms with Gasteiger partial charge >= 0.3 is 0 Å². The molecule has 1 heterocycles. The van der Waals surface area contributed by atoms with Gasteiger partial charge in [0.25, 0.3) is 0 Å². The molecule has 0 saturated carbocycles. The Morgan fingerprint density at radius 1 is 1.42 bits per heavy atom. The van der Waals surface area contributed by atoms with Crippen molar-refractivity contribution in [2.45, 2.75) is 0 Å². The van der Waals surface area contributed by atoms with Gasteiger partial charge in [-0.15, -0.1) is 0 Å². The molecule has 0 saturated heterocycles. The smallest absolute Gasteiger partial charge is 0.187 e. The summed E-state index contributed by atoms with van der Waals surface area (Å²) in [6, 6.07) is 7.34. The van der Waals surface area contributed by atoms with Crippen LogP contribution in [0, 0.1) is 6.57 Å². The quantitative estimate of drug-likeness (QED) is 0.535. The summed E-state index contributed by atoms with van der Waals surface area (Å²) in [6.45, 7) is 6.83. The Labute approximate surface area is 71.7 Å². The molecule has 0 aliphatic rings. The lowest BCUT2D eigenvalue weighted by molar-refractivity contribution is 1.41. The molecule has 0 aliphatic heterocycles. The number of aromatic nitrogens is 1. The molecule has 2 nitrogen and oxygen atoms in total. The number of nitrogens with zero attached hydrogens (tertiary/aromatic N) is 2. The third-order valence-corrected chi connectivity index (χ3v) is 1.66. The fraction of sp³-hybridized carbons (Fsp3) is 0. The van der Waals surface area contributed by atoms with Gasteiger partial charge in [0, 0.05) is 6.20 Å². The van der Waals surface area contributed by atoms with Gasteiger partial charge in [-0.2, -0.15) is 0 Å². The maximum absolute atomic E-state index is 7.36. The van der Waals surface area contributed by atoms with Crippen LogP contribution in [0.3, 0.4) is 0 Å². The fourth-order valence-corrected chi connectivity index (χ4v) is 1.08. The van der Waals surface area contributed by atoms with E-state index in [0.717, 1.165) is 10.9 Å². The third kappa shape index (κ3) is 1.02. The van der Waals surface area contributed by atoms with Gasteiger partial charge in [-0.05, 0) is 23.6 Å². The van der Waals surface area contributed by atoms with E-state index in [-0.39, 0.29) is 0 Å². The molecule has 0 spiro atoms. The topological polar surface area (TPSA) is 17.2 Å². The second-order valence-electron chi connectivity index (χ2n) is 2.42. The van der Waals surface area contributed by atoms with Gasteiger partial charge in [-0.25, -0.2) is 4.85 Å². The molecule has 1 aromatic carbocycles. The standard InChI is InChI=1S/C10H6N2/c1-11-9-4-5-10-8(7-9)3-2-6-12-10/h2-7H/i2D. The molecule has 0 aliphatic carbocycles. The molecule has 0 atom stereocenters. The van der Waals surface area contributed by atoms with Gasteiger partial charge < -0.3 is 0 Å². The van der Waals surface area contributed by atoms with Crippen LogP contribution >= 0.6 is 0 Å². The summed E-state index contributed by atoms with van der Waals surface area (Å²) >= 11 is 0. The lowest BCUT2D eigenvalue weighted by atomic mass is 10.2. The summed E-state index contributed by atoms with van der Waals surface area (Å²) in [5.74, 6) is 0. The molecule has 2 heteroatoms. The van der Waals surface area contributed by atoms with Gasteiger partial charge in [0.15, 0.2) is 5.69 Å². The van der Waals surface area contributed by atoms with Crippen molar-refractivity contribution in [3.63, 3.8) is 0 Å². The van der Waals surface area contributed by atoms with Crippen molar-refractivity contribution in [2.75, 3.05) is 0 Å². The monoisotopic (exact) mass is 155 g/mol. The number of hydrogen-bond donors (Lipinski definition) is 0. The van der Waals surface area contributed by atoms with E-state index in [1.54, 1.807) is 24.3 Å². The second-order valence-corrected chi connectivity index (χ2v) is 2.42. The van der Waals surface area contributed by atoms with Gasteiger partial charge in [0.2, 0.25) is 0 Å². The zero-order valence-corrected chi connectivity index (χ0v) is 6.28. The first-order valence-electron chi connectivity index (χ1n) is 4.03. The lowest BCUT2D eigenvalue weighted by Gasteiger charge is -1.94. The van der Waals surface area contributed by atoms with E-state index in [1.807, 2.05) is 0 Å². The fourth-order valence-electron chi connectivity index (χ4n) is 1.08. The van der Waals surface area contributed by atoms with Crippen molar-refractivity contribution < 1.29 is 1.37 Å². The number of fused-ring (bicyclic) bond motifs is 1. The summed E-state index contributed by atoms with van der Waals surface area (Å²) in [5, 5.41) is 0.848. The first-order valence-corrected chi connectivity index (χ1v) is 3.53. The van der Waals surface area contributed by atoms with E-state index in [9.17, 15) is 0 Å². The molecule has 2 rings (SSSR count). The average Bonchev–Trinajstić information content (AvgIpc) is 2.16. The highest BCUT2D eigenvalue weighted by Crippen LogP contribution is 2.18. The number of hydrogen-bond acceptors (Lipinski definition) is 1. The van der Waals surface area contributed by atoms with E-state index in [2.05, 4.69) is 9.83 Å². The summed E-state index contributed by atoms with van der Waals surface area (Å²) in [5.41, 5.74) is 1.41. The molecule has 12 heavy (non-hydrogen) atoms. The minimum atomic E-state index is 0.370. The Morgan fingerprint density at radius 3 is 3.17 bits per heavy atom. The van der Waals surface area contributed by atoms with E-state index in [4.69, 9.17) is 7.94 Å². The molecule has 0 fully saturated rings. The van der Waals surface area contributed by atoms with Crippen LogP contribution in [0.2, 0.25) is 0 Å². The van der Waals surface area contributed by atoms with Gasteiger partial charge in [-0.3, -0.25) is 4.98 Å². The van der Waals surface area contributed by atoms with Crippen molar-refractivity contribution in [2.24, 2.45) is 0 Å². The van der Waals surface area contributed by atoms with Crippen molar-refractivity contribution in [3.05, 3.63) is 47.9 Å². The van der Waals surface area contributed by atoms with Crippen molar-refractivity contribution >= 4 is 16.6 Å². The van der Waals surface area contributed by atoms with Crippen LogP contribution in [0.5, 0.6) is 0 Å². The summed E-state index contributed by atoms with van der Waals surface area (Å²) in [6.07, 6.45) is 1.50. The Bertz CT molecular complexity index is 500. The molecule has 1 aromatic heterocycles. The molecule has 0 N–H and O–H groups in total. The van der Waals surface area contributed by atoms with E-state index in [0.29, 0.717) is 11.7 Å². The van der Waals surface area contributed by atoms with Gasteiger partial charge in [0.05, 0.1) is 13.5 Å². The Hall–Kier alpha value is -1.88. The van der Waals surface area contributed by atoms with Crippen molar-refractivity contribution in [3.8, 4) is 0 Å². The largest absolute Gasteiger partial charge is 0.256 e. The Morgan fingerprint density at radius 2 is 2.33 bits per heavy atom. The first kappa shape index (κ1) is 5.73. The van der Waals surface area contributed by atoms with Crippen molar-refractivity contribution in [1.82, 2.24) is 4.98 Å². The maximum atomic E-state index is 7.36. The van der Waals surface area contributed by atoms with Crippen LogP contribution in [0.4, 0.5) is 5.69 Å². The summed E-state index contributed by atoms with van der Waals surface area (Å²) in [4.78, 5) is 7.38. The van der Waals surface area contributed by atoms with Gasteiger partial charge in [0.1, 0.15) is 0 Å². The average molecular weight is 155 g/mol. The number of pyridine rings is 1. The molecular formula is C10H6N2. The van der Waals surface area contributed by atoms with Crippen LogP contribution in [0.1, 0.15) is 1.37 Å². The molecule has 0 amide bonds. The number of benzene rings is 1. The molecule has 0 unspecified atom stereocenters. The summed E-state index contributed by atoms with van der Waals surface area (Å²) in [7, 11) is 0. The van der Waals surface area contributed by atoms with Crippen LogP contribution in [-0.4, -0.2) is 4.98 Å². The zero-order valence-electron chi connectivity index (χ0n) is 7.28. The van der Waals surface area contributed by atoms with Gasteiger partial charge in [-0.1, -0.05) is 12.1 Å². The SMILES string of the molecule is [2H]c1cnc2ccc([N+]#[C-])cc2c1. The lowest BCUT2D eigenvalue weighted by Crippen LogP contribution is -1.74. The highest BCUT2D eigenvalue weighted by Gasteiger charge is 1.93. The highest BCUT2D eigenvalue weighted by molar-refractivity contribution is 5.82. The second kappa shape index (κ2) is 2.63. The molecule has 56 valence electrons. The molecule has 2 aromatic rings. The van der Waals surface area contributed by atoms with Crippen LogP contribution in [-0.2, 0) is 0 Å². The van der Waals surface area contributed by atoms with Crippen LogP contribution < -0.4 is 0 Å². The van der Waals surface area contributed by atoms with Crippen LogP contribution in [0.25, 0.3) is 15.7 Å². The maximum Gasteiger partial charge on any atom is 0.187 e. The zero-order chi connectivity index (χ0) is 9.26. The minimum Gasteiger partial charge on any atom is -0.256 e. The predicted octanol–water partition coefficient (Wildman–Crippen LogP) is 2.79. The highest BCUT2D eigenvalue weighted by atomic mass is 14.7. The number of rotatable bonds is 0. The first-order chi connectivity index (χ1) is 6.29. The van der Waals surface area contributed by atoms with E-state index in [1.165, 1.54) is 6.20 Å². The Kier molecular flexibility index (Phi) is 1.26. The summed E-state index contributed by atoms with van der Waals surface area (Å²) < 4.78 is 7.36. The predicted molar refractivity (Wildman–Crippen MR) is 48.0 cm³/mol. The minimum absolute atomic E-state index is 0.370. The van der Waals surface area contributed by atoms with Crippen LogP contribution in [0.15, 0.2) is 36.5 Å². The molecule has 0 radical (unpaired) electrons. The third-order valence-electron chi connectivity index (χ3n) is 1.66. The normalized spacial score (nSPS) is 10.8. The van der Waals surface area contributed by atoms with E-state index >= 15 is 0 Å². The molecule has 0 bridgehead atoms. The van der Waals surface area contributed by atoms with Crippen molar-refractivity contribution in [1.29, 1.82) is 0 Å². The van der Waals surface area contributed by atoms with E-state index < -0.39 is 0 Å². The Balaban J connectivity index is 2.77. The molecular weight excluding hydrogens is 148 g/mol.